The average Bonchev–Trinajstić information content (AvgIpc) is 2.83. The van der Waals surface area contributed by atoms with Crippen molar-refractivity contribution in [2.24, 2.45) is 7.05 Å². The van der Waals surface area contributed by atoms with Crippen molar-refractivity contribution < 1.29 is 4.74 Å². The van der Waals surface area contributed by atoms with Crippen molar-refractivity contribution in [2.75, 3.05) is 12.4 Å². The van der Waals surface area contributed by atoms with E-state index in [1.165, 1.54) is 16.5 Å². The number of fused-ring (bicyclic) bond motifs is 1. The van der Waals surface area contributed by atoms with Gasteiger partial charge in [0.25, 0.3) is 0 Å². The summed E-state index contributed by atoms with van der Waals surface area (Å²) >= 11 is 0. The second-order valence-corrected chi connectivity index (χ2v) is 4.86. The molecule has 0 spiro atoms. The van der Waals surface area contributed by atoms with Gasteiger partial charge in [0.1, 0.15) is 5.75 Å². The van der Waals surface area contributed by atoms with E-state index in [2.05, 4.69) is 47.4 Å². The highest BCUT2D eigenvalue weighted by molar-refractivity contribution is 5.84. The Bertz CT molecular complexity index is 713. The van der Waals surface area contributed by atoms with Crippen LogP contribution < -0.4 is 10.1 Å². The highest BCUT2D eigenvalue weighted by Gasteiger charge is 2.05. The van der Waals surface area contributed by atoms with Crippen molar-refractivity contribution in [3.63, 3.8) is 0 Å². The van der Waals surface area contributed by atoms with Gasteiger partial charge >= 0.3 is 0 Å². The summed E-state index contributed by atoms with van der Waals surface area (Å²) in [6.07, 6.45) is 2.18. The van der Waals surface area contributed by atoms with Gasteiger partial charge in [-0.1, -0.05) is 18.2 Å². The molecular formula is C17H18N2O. The minimum absolute atomic E-state index is 0.813. The van der Waals surface area contributed by atoms with E-state index in [1.807, 2.05) is 24.3 Å². The zero-order chi connectivity index (χ0) is 13.9. The first-order valence-corrected chi connectivity index (χ1v) is 6.69. The molecule has 3 aromatic rings. The van der Waals surface area contributed by atoms with E-state index in [4.69, 9.17) is 4.74 Å². The molecule has 0 amide bonds. The van der Waals surface area contributed by atoms with Crippen LogP contribution in [0.15, 0.2) is 54.7 Å². The number of hydrogen-bond acceptors (Lipinski definition) is 2. The van der Waals surface area contributed by atoms with Gasteiger partial charge in [0.15, 0.2) is 0 Å². The van der Waals surface area contributed by atoms with Gasteiger partial charge in [-0.25, -0.2) is 0 Å². The summed E-state index contributed by atoms with van der Waals surface area (Å²) in [6, 6.07) is 16.5. The van der Waals surface area contributed by atoms with Gasteiger partial charge in [-0.2, -0.15) is 0 Å². The first kappa shape index (κ1) is 12.6. The number of aryl methyl sites for hydroxylation is 1. The predicted molar refractivity (Wildman–Crippen MR) is 83.2 cm³/mol. The first-order valence-electron chi connectivity index (χ1n) is 6.69. The molecule has 0 aliphatic carbocycles. The third-order valence-electron chi connectivity index (χ3n) is 3.55. The summed E-state index contributed by atoms with van der Waals surface area (Å²) in [4.78, 5) is 0. The molecule has 1 N–H and O–H groups in total. The molecule has 0 radical (unpaired) electrons. The molecule has 0 saturated heterocycles. The van der Waals surface area contributed by atoms with Crippen LogP contribution in [0.4, 0.5) is 5.69 Å². The lowest BCUT2D eigenvalue weighted by Gasteiger charge is -2.06. The summed E-state index contributed by atoms with van der Waals surface area (Å²) in [5.41, 5.74) is 3.66. The Labute approximate surface area is 118 Å². The van der Waals surface area contributed by atoms with Crippen LogP contribution in [0, 0.1) is 0 Å². The minimum Gasteiger partial charge on any atom is -0.497 e. The molecule has 2 aromatic carbocycles. The van der Waals surface area contributed by atoms with Gasteiger partial charge in [-0.15, -0.1) is 0 Å². The Hall–Kier alpha value is -2.42. The summed E-state index contributed by atoms with van der Waals surface area (Å²) in [7, 11) is 3.76. The van der Waals surface area contributed by atoms with Crippen LogP contribution in [0.3, 0.4) is 0 Å². The molecule has 20 heavy (non-hydrogen) atoms. The van der Waals surface area contributed by atoms with E-state index in [-0.39, 0.29) is 0 Å². The van der Waals surface area contributed by atoms with E-state index >= 15 is 0 Å². The van der Waals surface area contributed by atoms with Gasteiger partial charge in [0.05, 0.1) is 7.11 Å². The van der Waals surface area contributed by atoms with E-state index in [1.54, 1.807) is 7.11 Å². The fourth-order valence-electron chi connectivity index (χ4n) is 2.47. The van der Waals surface area contributed by atoms with Crippen LogP contribution in [-0.2, 0) is 13.6 Å². The summed E-state index contributed by atoms with van der Waals surface area (Å²) < 4.78 is 7.33. The molecule has 0 bridgehead atoms. The molecule has 0 fully saturated rings. The standard InChI is InChI=1S/C17H18N2O/c1-19-12-13(16-5-3-4-6-17(16)19)11-18-14-7-9-15(20-2)10-8-14/h3-10,12,18H,11H2,1-2H3. The van der Waals surface area contributed by atoms with Crippen molar-refractivity contribution in [3.8, 4) is 5.75 Å². The molecule has 3 nitrogen and oxygen atoms in total. The summed E-state index contributed by atoms with van der Waals surface area (Å²) in [5, 5.41) is 4.75. The Kier molecular flexibility index (Phi) is 3.33. The zero-order valence-electron chi connectivity index (χ0n) is 11.8. The molecule has 0 atom stereocenters. The van der Waals surface area contributed by atoms with Crippen LogP contribution in [0.2, 0.25) is 0 Å². The lowest BCUT2D eigenvalue weighted by Crippen LogP contribution is -1.98. The lowest BCUT2D eigenvalue weighted by atomic mass is 10.2. The molecule has 0 unspecified atom stereocenters. The van der Waals surface area contributed by atoms with Crippen LogP contribution in [0.25, 0.3) is 10.9 Å². The second kappa shape index (κ2) is 5.29. The monoisotopic (exact) mass is 266 g/mol. The maximum Gasteiger partial charge on any atom is 0.119 e. The number of anilines is 1. The lowest BCUT2D eigenvalue weighted by molar-refractivity contribution is 0.415. The number of nitrogens with one attached hydrogen (secondary N) is 1. The van der Waals surface area contributed by atoms with E-state index in [9.17, 15) is 0 Å². The highest BCUT2D eigenvalue weighted by Crippen LogP contribution is 2.22. The number of ether oxygens (including phenoxy) is 1. The third-order valence-corrected chi connectivity index (χ3v) is 3.55. The molecule has 3 rings (SSSR count). The average molecular weight is 266 g/mol. The van der Waals surface area contributed by atoms with E-state index < -0.39 is 0 Å². The highest BCUT2D eigenvalue weighted by atomic mass is 16.5. The van der Waals surface area contributed by atoms with E-state index in [0.29, 0.717) is 0 Å². The molecule has 1 aromatic heterocycles. The fourth-order valence-corrected chi connectivity index (χ4v) is 2.47. The van der Waals surface area contributed by atoms with Gasteiger partial charge < -0.3 is 14.6 Å². The van der Waals surface area contributed by atoms with Gasteiger partial charge in [0.2, 0.25) is 0 Å². The van der Waals surface area contributed by atoms with Crippen molar-refractivity contribution >= 4 is 16.6 Å². The number of benzene rings is 2. The summed E-state index contributed by atoms with van der Waals surface area (Å²) in [6.45, 7) is 0.813. The van der Waals surface area contributed by atoms with Crippen LogP contribution >= 0.6 is 0 Å². The van der Waals surface area contributed by atoms with Crippen LogP contribution in [0.5, 0.6) is 5.75 Å². The summed E-state index contributed by atoms with van der Waals surface area (Å²) in [5.74, 6) is 0.876. The molecule has 0 aliphatic rings. The van der Waals surface area contributed by atoms with Crippen molar-refractivity contribution in [1.29, 1.82) is 0 Å². The topological polar surface area (TPSA) is 26.2 Å². The van der Waals surface area contributed by atoms with Crippen molar-refractivity contribution in [2.45, 2.75) is 6.54 Å². The Balaban J connectivity index is 1.79. The maximum absolute atomic E-state index is 5.16. The largest absolute Gasteiger partial charge is 0.497 e. The second-order valence-electron chi connectivity index (χ2n) is 4.86. The molecule has 0 saturated carbocycles. The van der Waals surface area contributed by atoms with Crippen LogP contribution in [0.1, 0.15) is 5.56 Å². The number of para-hydroxylation sites is 1. The first-order chi connectivity index (χ1) is 9.78. The third kappa shape index (κ3) is 2.35. The Morgan fingerprint density at radius 3 is 2.55 bits per heavy atom. The maximum atomic E-state index is 5.16. The van der Waals surface area contributed by atoms with Crippen molar-refractivity contribution in [1.82, 2.24) is 4.57 Å². The van der Waals surface area contributed by atoms with Crippen molar-refractivity contribution in [3.05, 3.63) is 60.3 Å². The molecule has 0 aliphatic heterocycles. The number of hydrogen-bond donors (Lipinski definition) is 1. The predicted octanol–water partition coefficient (Wildman–Crippen LogP) is 3.80. The van der Waals surface area contributed by atoms with Gasteiger partial charge in [0, 0.05) is 36.4 Å². The molecule has 1 heterocycles. The number of aromatic nitrogens is 1. The molecule has 102 valence electrons. The normalized spacial score (nSPS) is 10.7. The molecular weight excluding hydrogens is 248 g/mol. The number of nitrogens with zero attached hydrogens (tertiary/aromatic N) is 1. The smallest absolute Gasteiger partial charge is 0.119 e. The number of rotatable bonds is 4. The van der Waals surface area contributed by atoms with Gasteiger partial charge in [-0.05, 0) is 35.9 Å². The molecule has 3 heteroatoms. The zero-order valence-corrected chi connectivity index (χ0v) is 11.8. The minimum atomic E-state index is 0.813. The Morgan fingerprint density at radius 1 is 1.05 bits per heavy atom. The van der Waals surface area contributed by atoms with Crippen LogP contribution in [-0.4, -0.2) is 11.7 Å². The SMILES string of the molecule is COc1ccc(NCc2cn(C)c3ccccc23)cc1. The van der Waals surface area contributed by atoms with E-state index in [0.717, 1.165) is 18.0 Å². The Morgan fingerprint density at radius 2 is 1.80 bits per heavy atom. The van der Waals surface area contributed by atoms with Gasteiger partial charge in [-0.3, -0.25) is 0 Å². The quantitative estimate of drug-likeness (QED) is 0.777. The number of methoxy groups -OCH3 is 1. The fraction of sp³-hybridized carbons (Fsp3) is 0.176.